The molecule has 8 heteroatoms. The fraction of sp³-hybridized carbons (Fsp3) is 0.429. The summed E-state index contributed by atoms with van der Waals surface area (Å²) >= 11 is 6.13. The molecule has 1 fully saturated rings. The monoisotopic (exact) mass is 601 g/mol. The molecule has 7 nitrogen and oxygen atoms in total. The van der Waals surface area contributed by atoms with Gasteiger partial charge in [0.2, 0.25) is 11.8 Å². The molecule has 5 rings (SSSR count). The molecule has 3 unspecified atom stereocenters. The van der Waals surface area contributed by atoms with Crippen LogP contribution in [0.3, 0.4) is 0 Å². The molecule has 0 radical (unpaired) electrons. The summed E-state index contributed by atoms with van der Waals surface area (Å²) in [5.41, 5.74) is 4.66. The molecule has 0 aliphatic carbocycles. The molecule has 3 aromatic rings. The van der Waals surface area contributed by atoms with Crippen LogP contribution in [-0.2, 0) is 22.6 Å². The van der Waals surface area contributed by atoms with Crippen LogP contribution >= 0.6 is 11.6 Å². The first-order valence-electron chi connectivity index (χ1n) is 15.6. The molecular formula is C35H44ClN5O2. The zero-order chi connectivity index (χ0) is 30.2. The summed E-state index contributed by atoms with van der Waals surface area (Å²) in [6.07, 6.45) is 0.713. The van der Waals surface area contributed by atoms with Crippen LogP contribution < -0.4 is 10.6 Å². The average molecular weight is 602 g/mol. The van der Waals surface area contributed by atoms with E-state index in [9.17, 15) is 9.59 Å². The molecule has 2 amide bonds. The van der Waals surface area contributed by atoms with Gasteiger partial charge in [0.05, 0.1) is 0 Å². The smallest absolute Gasteiger partial charge is 0.245 e. The van der Waals surface area contributed by atoms with Gasteiger partial charge in [-0.1, -0.05) is 92.2 Å². The lowest BCUT2D eigenvalue weighted by Crippen LogP contribution is -2.56. The number of nitrogens with zero attached hydrogens (tertiary/aromatic N) is 3. The first kappa shape index (κ1) is 31.2. The number of piperazine rings is 1. The van der Waals surface area contributed by atoms with Crippen LogP contribution in [-0.4, -0.2) is 78.4 Å². The minimum Gasteiger partial charge on any atom is -0.344 e. The second-order valence-corrected chi connectivity index (χ2v) is 12.0. The summed E-state index contributed by atoms with van der Waals surface area (Å²) in [6, 6.07) is 26.0. The number of hydrogen-bond acceptors (Lipinski definition) is 5. The lowest BCUT2D eigenvalue weighted by molar-refractivity contribution is -0.138. The normalized spacial score (nSPS) is 18.3. The maximum Gasteiger partial charge on any atom is 0.245 e. The molecule has 0 bridgehead atoms. The second kappa shape index (κ2) is 15.0. The van der Waals surface area contributed by atoms with Gasteiger partial charge >= 0.3 is 0 Å². The average Bonchev–Trinajstić information content (AvgIpc) is 3.45. The maximum atomic E-state index is 14.0. The van der Waals surface area contributed by atoms with E-state index in [-0.39, 0.29) is 23.9 Å². The number of carbonyl (C=O) groups is 2. The van der Waals surface area contributed by atoms with Crippen molar-refractivity contribution in [2.75, 3.05) is 45.8 Å². The number of amides is 2. The van der Waals surface area contributed by atoms with Crippen molar-refractivity contribution in [2.24, 2.45) is 0 Å². The van der Waals surface area contributed by atoms with E-state index in [2.05, 4.69) is 76.7 Å². The van der Waals surface area contributed by atoms with Crippen molar-refractivity contribution in [2.45, 2.75) is 51.4 Å². The van der Waals surface area contributed by atoms with Gasteiger partial charge in [-0.15, -0.1) is 0 Å². The minimum atomic E-state index is -0.641. The van der Waals surface area contributed by atoms with Gasteiger partial charge in [0.15, 0.2) is 0 Å². The summed E-state index contributed by atoms with van der Waals surface area (Å²) < 4.78 is 0. The Hall–Kier alpha value is -3.23. The van der Waals surface area contributed by atoms with E-state index < -0.39 is 6.04 Å². The van der Waals surface area contributed by atoms with Crippen molar-refractivity contribution in [1.82, 2.24) is 25.3 Å². The van der Waals surface area contributed by atoms with Gasteiger partial charge in [0.25, 0.3) is 0 Å². The maximum absolute atomic E-state index is 14.0. The number of benzene rings is 3. The van der Waals surface area contributed by atoms with Crippen molar-refractivity contribution in [3.8, 4) is 0 Å². The number of fused-ring (bicyclic) bond motifs is 1. The molecular weight excluding hydrogens is 558 g/mol. The number of rotatable bonds is 12. The summed E-state index contributed by atoms with van der Waals surface area (Å²) in [5, 5.41) is 7.21. The van der Waals surface area contributed by atoms with Crippen molar-refractivity contribution in [1.29, 1.82) is 0 Å². The third kappa shape index (κ3) is 8.03. The molecule has 0 spiro atoms. The minimum absolute atomic E-state index is 0.0252. The molecule has 1 saturated heterocycles. The van der Waals surface area contributed by atoms with E-state index >= 15 is 0 Å². The first-order chi connectivity index (χ1) is 20.9. The Bertz CT molecular complexity index is 1340. The van der Waals surface area contributed by atoms with Gasteiger partial charge in [0.1, 0.15) is 6.04 Å². The lowest BCUT2D eigenvalue weighted by atomic mass is 10.0. The molecule has 2 aliphatic rings. The zero-order valence-electron chi connectivity index (χ0n) is 25.3. The largest absolute Gasteiger partial charge is 0.344 e. The highest BCUT2D eigenvalue weighted by molar-refractivity contribution is 6.30. The first-order valence-corrected chi connectivity index (χ1v) is 16.0. The Labute approximate surface area is 261 Å². The van der Waals surface area contributed by atoms with Crippen LogP contribution in [0.1, 0.15) is 54.6 Å². The summed E-state index contributed by atoms with van der Waals surface area (Å²) in [6.45, 7) is 11.0. The number of hydrogen-bond donors (Lipinski definition) is 2. The van der Waals surface area contributed by atoms with Gasteiger partial charge in [0, 0.05) is 69.2 Å². The molecule has 228 valence electrons. The van der Waals surface area contributed by atoms with Crippen LogP contribution in [0.25, 0.3) is 0 Å². The zero-order valence-corrected chi connectivity index (χ0v) is 26.1. The molecule has 43 heavy (non-hydrogen) atoms. The van der Waals surface area contributed by atoms with Gasteiger partial charge in [-0.25, -0.2) is 0 Å². The van der Waals surface area contributed by atoms with Gasteiger partial charge in [-0.05, 0) is 47.5 Å². The fourth-order valence-corrected chi connectivity index (χ4v) is 6.49. The van der Waals surface area contributed by atoms with Gasteiger partial charge in [-0.2, -0.15) is 0 Å². The standard InChI is InChI=1S/C35H44ClN5O2/c1-3-39(4-2)25-33(27-10-6-5-7-11-27)40-18-20-41(21-19-40)35(43)32(22-26-14-16-29(36)17-15-26)38-34(42)23-31-30-13-9-8-12-28(30)24-37-31/h5-17,31-33,37H,3-4,18-25H2,1-2H3,(H,38,42). The van der Waals surface area contributed by atoms with E-state index in [0.29, 0.717) is 31.0 Å². The third-order valence-electron chi connectivity index (χ3n) is 8.92. The Balaban J connectivity index is 1.26. The van der Waals surface area contributed by atoms with Gasteiger partial charge < -0.3 is 20.4 Å². The second-order valence-electron chi connectivity index (χ2n) is 11.6. The summed E-state index contributed by atoms with van der Waals surface area (Å²) in [7, 11) is 0. The third-order valence-corrected chi connectivity index (χ3v) is 9.17. The molecule has 0 saturated carbocycles. The van der Waals surface area contributed by atoms with Crippen LogP contribution in [0.4, 0.5) is 0 Å². The van der Waals surface area contributed by atoms with E-state index in [1.807, 2.05) is 41.3 Å². The number of nitrogens with one attached hydrogen (secondary N) is 2. The summed E-state index contributed by atoms with van der Waals surface area (Å²) in [5.74, 6) is -0.147. The predicted octanol–water partition coefficient (Wildman–Crippen LogP) is 4.83. The van der Waals surface area contributed by atoms with E-state index in [4.69, 9.17) is 11.6 Å². The highest BCUT2D eigenvalue weighted by Crippen LogP contribution is 2.28. The lowest BCUT2D eigenvalue weighted by Gasteiger charge is -2.42. The highest BCUT2D eigenvalue weighted by Gasteiger charge is 2.33. The Kier molecular flexibility index (Phi) is 10.9. The molecule has 3 atom stereocenters. The van der Waals surface area contributed by atoms with Crippen molar-refractivity contribution < 1.29 is 9.59 Å². The number of carbonyl (C=O) groups excluding carboxylic acids is 2. The van der Waals surface area contributed by atoms with E-state index in [0.717, 1.165) is 50.4 Å². The van der Waals surface area contributed by atoms with Crippen LogP contribution in [0.2, 0.25) is 5.02 Å². The Morgan fingerprint density at radius 1 is 0.930 bits per heavy atom. The molecule has 0 aromatic heterocycles. The topological polar surface area (TPSA) is 67.9 Å². The van der Waals surface area contributed by atoms with Crippen molar-refractivity contribution >= 4 is 23.4 Å². The molecule has 2 heterocycles. The van der Waals surface area contributed by atoms with Crippen molar-refractivity contribution in [3.63, 3.8) is 0 Å². The van der Waals surface area contributed by atoms with Crippen LogP contribution in [0, 0.1) is 0 Å². The predicted molar refractivity (Wildman–Crippen MR) is 173 cm³/mol. The van der Waals surface area contributed by atoms with Crippen LogP contribution in [0.5, 0.6) is 0 Å². The summed E-state index contributed by atoms with van der Waals surface area (Å²) in [4.78, 5) is 34.3. The van der Waals surface area contributed by atoms with E-state index in [1.165, 1.54) is 11.1 Å². The molecule has 3 aromatic carbocycles. The Morgan fingerprint density at radius 3 is 2.30 bits per heavy atom. The quantitative estimate of drug-likeness (QED) is 0.311. The van der Waals surface area contributed by atoms with Crippen molar-refractivity contribution in [3.05, 3.63) is 106 Å². The highest BCUT2D eigenvalue weighted by atomic mass is 35.5. The van der Waals surface area contributed by atoms with Gasteiger partial charge in [-0.3, -0.25) is 14.5 Å². The number of halogens is 1. The molecule has 2 aliphatic heterocycles. The number of likely N-dealkylation sites (N-methyl/N-ethyl adjacent to an activating group) is 1. The fourth-order valence-electron chi connectivity index (χ4n) is 6.36. The molecule has 2 N–H and O–H groups in total. The Morgan fingerprint density at radius 2 is 1.60 bits per heavy atom. The van der Waals surface area contributed by atoms with Crippen LogP contribution in [0.15, 0.2) is 78.9 Å². The van der Waals surface area contributed by atoms with E-state index in [1.54, 1.807) is 0 Å². The SMILES string of the molecule is CCN(CC)CC(c1ccccc1)N1CCN(C(=O)C(Cc2ccc(Cl)cc2)NC(=O)CC2NCc3ccccc32)CC1.